The summed E-state index contributed by atoms with van der Waals surface area (Å²) in [7, 11) is 0. The number of amides is 1. The molecule has 2 rings (SSSR count). The number of nitrogens with one attached hydrogen (secondary N) is 1. The fraction of sp³-hybridized carbons (Fsp3) is 0.462. The van der Waals surface area contributed by atoms with Crippen molar-refractivity contribution in [1.29, 1.82) is 0 Å². The number of hydrogen-bond acceptors (Lipinski definition) is 4. The molecule has 0 radical (unpaired) electrons. The van der Waals surface area contributed by atoms with Gasteiger partial charge in [0.05, 0.1) is 18.7 Å². The average molecular weight is 244 g/mol. The molecule has 5 heteroatoms. The van der Waals surface area contributed by atoms with Gasteiger partial charge in [-0.25, -0.2) is 4.98 Å². The highest BCUT2D eigenvalue weighted by atomic mass is 16.1. The maximum atomic E-state index is 11.9. The molecule has 1 fully saturated rings. The van der Waals surface area contributed by atoms with E-state index in [1.807, 2.05) is 0 Å². The molecule has 1 amide bonds. The molecule has 1 aliphatic rings. The standard InChI is InChI=1S/C13H16N4O/c1-2-5-16-13(18)11-4-3-8-17(10-11)12-9-14-6-7-15-12/h1,6-7,9,11H,3-5,8,10H2,(H,16,18)/t11-/m1/s1. The van der Waals surface area contributed by atoms with Gasteiger partial charge in [0.2, 0.25) is 5.91 Å². The average Bonchev–Trinajstić information content (AvgIpc) is 2.46. The zero-order valence-electron chi connectivity index (χ0n) is 10.2. The van der Waals surface area contributed by atoms with Crippen LogP contribution in [0.25, 0.3) is 0 Å². The molecule has 0 unspecified atom stereocenters. The molecule has 1 aromatic rings. The molecule has 1 aliphatic heterocycles. The molecule has 5 nitrogen and oxygen atoms in total. The monoisotopic (exact) mass is 244 g/mol. The van der Waals surface area contributed by atoms with E-state index in [1.54, 1.807) is 18.6 Å². The van der Waals surface area contributed by atoms with Gasteiger partial charge in [0.25, 0.3) is 0 Å². The van der Waals surface area contributed by atoms with Gasteiger partial charge in [0.15, 0.2) is 0 Å². The predicted octanol–water partition coefficient (Wildman–Crippen LogP) is 0.442. The summed E-state index contributed by atoms with van der Waals surface area (Å²) in [5.74, 6) is 3.25. The summed E-state index contributed by atoms with van der Waals surface area (Å²) < 4.78 is 0. The smallest absolute Gasteiger partial charge is 0.225 e. The van der Waals surface area contributed by atoms with Crippen molar-refractivity contribution in [3.63, 3.8) is 0 Å². The van der Waals surface area contributed by atoms with Gasteiger partial charge in [-0.05, 0) is 12.8 Å². The number of terminal acetylenes is 1. The third-order valence-corrected chi connectivity index (χ3v) is 3.03. The molecule has 0 spiro atoms. The number of carbonyl (C=O) groups excluding carboxylic acids is 1. The van der Waals surface area contributed by atoms with Crippen molar-refractivity contribution >= 4 is 11.7 Å². The summed E-state index contributed by atoms with van der Waals surface area (Å²) in [6.45, 7) is 1.88. The molecule has 1 aromatic heterocycles. The van der Waals surface area contributed by atoms with Crippen LogP contribution in [0.15, 0.2) is 18.6 Å². The van der Waals surface area contributed by atoms with Crippen molar-refractivity contribution < 1.29 is 4.79 Å². The lowest BCUT2D eigenvalue weighted by Gasteiger charge is -2.32. The highest BCUT2D eigenvalue weighted by Crippen LogP contribution is 2.20. The minimum absolute atomic E-state index is 0.0193. The van der Waals surface area contributed by atoms with E-state index in [9.17, 15) is 4.79 Å². The lowest BCUT2D eigenvalue weighted by atomic mass is 9.97. The highest BCUT2D eigenvalue weighted by molar-refractivity contribution is 5.79. The van der Waals surface area contributed by atoms with Gasteiger partial charge in [-0.3, -0.25) is 9.78 Å². The zero-order valence-corrected chi connectivity index (χ0v) is 10.2. The van der Waals surface area contributed by atoms with Gasteiger partial charge < -0.3 is 10.2 Å². The normalized spacial score (nSPS) is 19.1. The number of nitrogens with zero attached hydrogens (tertiary/aromatic N) is 3. The maximum Gasteiger partial charge on any atom is 0.225 e. The van der Waals surface area contributed by atoms with Crippen LogP contribution in [0.4, 0.5) is 5.82 Å². The minimum atomic E-state index is -0.0193. The third kappa shape index (κ3) is 2.98. The molecule has 1 N–H and O–H groups in total. The van der Waals surface area contributed by atoms with Crippen LogP contribution >= 0.6 is 0 Å². The Hall–Kier alpha value is -2.09. The first-order chi connectivity index (χ1) is 8.81. The molecule has 18 heavy (non-hydrogen) atoms. The number of hydrogen-bond donors (Lipinski definition) is 1. The van der Waals surface area contributed by atoms with E-state index in [2.05, 4.69) is 26.1 Å². The van der Waals surface area contributed by atoms with E-state index in [-0.39, 0.29) is 11.8 Å². The second-order valence-electron chi connectivity index (χ2n) is 4.27. The molecule has 0 bridgehead atoms. The van der Waals surface area contributed by atoms with Crippen LogP contribution in [-0.2, 0) is 4.79 Å². The van der Waals surface area contributed by atoms with Crippen LogP contribution in [0, 0.1) is 18.3 Å². The Bertz CT molecular complexity index is 440. The van der Waals surface area contributed by atoms with E-state index in [0.717, 1.165) is 25.2 Å². The van der Waals surface area contributed by atoms with Gasteiger partial charge in [-0.2, -0.15) is 0 Å². The molecule has 2 heterocycles. The molecule has 0 aliphatic carbocycles. The number of piperidine rings is 1. The van der Waals surface area contributed by atoms with E-state index in [1.165, 1.54) is 0 Å². The highest BCUT2D eigenvalue weighted by Gasteiger charge is 2.26. The lowest BCUT2D eigenvalue weighted by molar-refractivity contribution is -0.124. The predicted molar refractivity (Wildman–Crippen MR) is 68.8 cm³/mol. The first kappa shape index (κ1) is 12.4. The molecule has 0 saturated carbocycles. The van der Waals surface area contributed by atoms with E-state index in [0.29, 0.717) is 13.1 Å². The van der Waals surface area contributed by atoms with Crippen molar-refractivity contribution in [2.45, 2.75) is 12.8 Å². The topological polar surface area (TPSA) is 58.1 Å². The Kier molecular flexibility index (Phi) is 4.13. The van der Waals surface area contributed by atoms with Gasteiger partial charge in [-0.1, -0.05) is 5.92 Å². The summed E-state index contributed by atoms with van der Waals surface area (Å²) in [6.07, 6.45) is 12.0. The molecule has 0 aromatic carbocycles. The SMILES string of the molecule is C#CCNC(=O)[C@@H]1CCCN(c2cnccn2)C1. The molecule has 1 atom stereocenters. The van der Waals surface area contributed by atoms with Crippen LogP contribution in [0.1, 0.15) is 12.8 Å². The van der Waals surface area contributed by atoms with Crippen LogP contribution in [-0.4, -0.2) is 35.5 Å². The maximum absolute atomic E-state index is 11.9. The van der Waals surface area contributed by atoms with Gasteiger partial charge >= 0.3 is 0 Å². The van der Waals surface area contributed by atoms with Gasteiger partial charge in [0.1, 0.15) is 5.82 Å². The number of carbonyl (C=O) groups is 1. The Balaban J connectivity index is 1.97. The van der Waals surface area contributed by atoms with E-state index >= 15 is 0 Å². The fourth-order valence-corrected chi connectivity index (χ4v) is 2.14. The first-order valence-electron chi connectivity index (χ1n) is 6.03. The molecular formula is C13H16N4O. The Labute approximate surface area is 107 Å². The van der Waals surface area contributed by atoms with Crippen molar-refractivity contribution in [2.75, 3.05) is 24.5 Å². The van der Waals surface area contributed by atoms with E-state index < -0.39 is 0 Å². The quantitative estimate of drug-likeness (QED) is 0.784. The summed E-state index contributed by atoms with van der Waals surface area (Å²) >= 11 is 0. The largest absolute Gasteiger partial charge is 0.355 e. The van der Waals surface area contributed by atoms with Gasteiger partial charge in [0, 0.05) is 25.5 Å². The second-order valence-corrected chi connectivity index (χ2v) is 4.27. The molecular weight excluding hydrogens is 228 g/mol. The van der Waals surface area contributed by atoms with Crippen LogP contribution in [0.5, 0.6) is 0 Å². The van der Waals surface area contributed by atoms with Crippen molar-refractivity contribution in [3.05, 3.63) is 18.6 Å². The summed E-state index contributed by atoms with van der Waals surface area (Å²) in [5, 5.41) is 2.74. The Morgan fingerprint density at radius 2 is 2.50 bits per heavy atom. The Morgan fingerprint density at radius 1 is 1.61 bits per heavy atom. The van der Waals surface area contributed by atoms with Crippen LogP contribution in [0.2, 0.25) is 0 Å². The summed E-state index contributed by atoms with van der Waals surface area (Å²) in [5.41, 5.74) is 0. The molecule has 1 saturated heterocycles. The fourth-order valence-electron chi connectivity index (χ4n) is 2.14. The van der Waals surface area contributed by atoms with Crippen molar-refractivity contribution in [1.82, 2.24) is 15.3 Å². The van der Waals surface area contributed by atoms with Gasteiger partial charge in [-0.15, -0.1) is 6.42 Å². The number of aromatic nitrogens is 2. The summed E-state index contributed by atoms with van der Waals surface area (Å²) in [4.78, 5) is 22.3. The summed E-state index contributed by atoms with van der Waals surface area (Å²) in [6, 6.07) is 0. The number of anilines is 1. The second kappa shape index (κ2) is 6.01. The van der Waals surface area contributed by atoms with Crippen LogP contribution in [0.3, 0.4) is 0 Å². The lowest BCUT2D eigenvalue weighted by Crippen LogP contribution is -2.43. The zero-order chi connectivity index (χ0) is 12.8. The van der Waals surface area contributed by atoms with Crippen LogP contribution < -0.4 is 10.2 Å². The first-order valence-corrected chi connectivity index (χ1v) is 6.03. The third-order valence-electron chi connectivity index (χ3n) is 3.03. The Morgan fingerprint density at radius 3 is 3.22 bits per heavy atom. The van der Waals surface area contributed by atoms with Crippen molar-refractivity contribution in [2.24, 2.45) is 5.92 Å². The van der Waals surface area contributed by atoms with Crippen molar-refractivity contribution in [3.8, 4) is 12.3 Å². The molecule has 94 valence electrons. The number of rotatable bonds is 3. The minimum Gasteiger partial charge on any atom is -0.355 e. The van der Waals surface area contributed by atoms with E-state index in [4.69, 9.17) is 6.42 Å².